The minimum absolute atomic E-state index is 0.0523. The van der Waals surface area contributed by atoms with Gasteiger partial charge in [-0.25, -0.2) is 4.85 Å². The van der Waals surface area contributed by atoms with Crippen LogP contribution in [0, 0.1) is 56.4 Å². The van der Waals surface area contributed by atoms with E-state index in [-0.39, 0.29) is 11.7 Å². The average Bonchev–Trinajstić information content (AvgIpc) is 3.39. The standard InChI is InChI=1S/C29H30N6O.C29H24N4O/c1-18-25(15-34-19(2)27(18)36-17-20-3-5-23(6-4-20)28(30)31)16-35-26-13-11-22(12-14-26)21-7-9-24(10-8-21)29(32)33;1-20-26(17-32-21(2)29(20)34-19-23-6-12-27(31-3)13-7-23)18-33-28-14-10-25(11-15-28)24-8-4-22(16-30)5-9-24/h3-15,35H,16-17H2,1-2H3,(H3,30,31)(H3,32,33);4-15,17,33H,18-19H2,1-2H3. The minimum atomic E-state index is 0.0523. The van der Waals surface area contributed by atoms with E-state index >= 15 is 0 Å². The van der Waals surface area contributed by atoms with Gasteiger partial charge in [-0.3, -0.25) is 20.8 Å². The maximum Gasteiger partial charge on any atom is 0.187 e. The highest BCUT2D eigenvalue weighted by atomic mass is 16.5. The maximum absolute atomic E-state index is 8.96. The van der Waals surface area contributed by atoms with Crippen LogP contribution >= 0.6 is 0 Å². The summed E-state index contributed by atoms with van der Waals surface area (Å²) in [5.41, 5.74) is 28.1. The molecule has 6 aromatic carbocycles. The number of nitrogens with one attached hydrogen (secondary N) is 4. The number of hydrogen-bond donors (Lipinski definition) is 6. The van der Waals surface area contributed by atoms with Crippen LogP contribution in [0.4, 0.5) is 17.1 Å². The predicted molar refractivity (Wildman–Crippen MR) is 280 cm³/mol. The van der Waals surface area contributed by atoms with Crippen LogP contribution in [0.2, 0.25) is 0 Å². The van der Waals surface area contributed by atoms with Crippen molar-refractivity contribution >= 4 is 28.7 Å². The number of nitrogen functional groups attached to an aromatic ring is 2. The highest BCUT2D eigenvalue weighted by Crippen LogP contribution is 2.29. The van der Waals surface area contributed by atoms with Crippen LogP contribution in [-0.4, -0.2) is 21.6 Å². The van der Waals surface area contributed by atoms with Gasteiger partial charge in [0.05, 0.1) is 29.6 Å². The Labute approximate surface area is 409 Å². The number of benzene rings is 6. The molecule has 8 rings (SSSR count). The molecule has 12 heteroatoms. The number of anilines is 2. The quantitative estimate of drug-likeness (QED) is 0.0310. The predicted octanol–water partition coefficient (Wildman–Crippen LogP) is 12.1. The molecule has 0 saturated heterocycles. The Kier molecular flexibility index (Phi) is 16.0. The minimum Gasteiger partial charge on any atom is -0.487 e. The zero-order chi connectivity index (χ0) is 49.6. The molecule has 2 heterocycles. The molecule has 0 aliphatic rings. The van der Waals surface area contributed by atoms with Gasteiger partial charge in [0.25, 0.3) is 0 Å². The van der Waals surface area contributed by atoms with Crippen molar-refractivity contribution < 1.29 is 9.47 Å². The molecule has 8 aromatic rings. The van der Waals surface area contributed by atoms with Crippen molar-refractivity contribution in [3.63, 3.8) is 0 Å². The van der Waals surface area contributed by atoms with E-state index in [0.29, 0.717) is 48.7 Å². The van der Waals surface area contributed by atoms with E-state index in [2.05, 4.69) is 74.8 Å². The number of nitrogens with zero attached hydrogens (tertiary/aromatic N) is 4. The molecule has 0 spiro atoms. The molecule has 0 aliphatic heterocycles. The number of amidine groups is 2. The van der Waals surface area contributed by atoms with Gasteiger partial charge < -0.3 is 31.6 Å². The smallest absolute Gasteiger partial charge is 0.187 e. The molecule has 12 nitrogen and oxygen atoms in total. The Hall–Kier alpha value is -9.26. The molecule has 0 radical (unpaired) electrons. The second-order valence-electron chi connectivity index (χ2n) is 16.7. The van der Waals surface area contributed by atoms with E-state index in [1.165, 1.54) is 0 Å². The number of nitriles is 1. The SMILES string of the molecule is Cc1ncc(CNc2ccc(-c3ccc(C(=N)N)cc3)cc2)c(C)c1OCc1ccc(C(=N)N)cc1.[C-]#[N+]c1ccc(COc2c(C)ncc(CNc3ccc(-c4ccc(C#N)cc4)cc3)c2C)cc1. The van der Waals surface area contributed by atoms with Gasteiger partial charge in [0, 0.05) is 48.0 Å². The van der Waals surface area contributed by atoms with Gasteiger partial charge in [0.2, 0.25) is 0 Å². The van der Waals surface area contributed by atoms with Crippen molar-refractivity contribution in [2.45, 2.75) is 54.0 Å². The van der Waals surface area contributed by atoms with Gasteiger partial charge in [-0.15, -0.1) is 0 Å². The summed E-state index contributed by atoms with van der Waals surface area (Å²) < 4.78 is 12.3. The molecule has 70 heavy (non-hydrogen) atoms. The first-order valence-electron chi connectivity index (χ1n) is 22.6. The normalized spacial score (nSPS) is 10.4. The van der Waals surface area contributed by atoms with E-state index in [9.17, 15) is 0 Å². The van der Waals surface area contributed by atoms with Crippen molar-refractivity contribution in [3.8, 4) is 39.8 Å². The lowest BCUT2D eigenvalue weighted by atomic mass is 10.0. The van der Waals surface area contributed by atoms with Crippen molar-refractivity contribution in [1.82, 2.24) is 9.97 Å². The fourth-order valence-electron chi connectivity index (χ4n) is 7.57. The number of rotatable bonds is 16. The summed E-state index contributed by atoms with van der Waals surface area (Å²) in [7, 11) is 0. The Morgan fingerprint density at radius 2 is 0.914 bits per heavy atom. The number of ether oxygens (including phenoxy) is 2. The summed E-state index contributed by atoms with van der Waals surface area (Å²) in [6.07, 6.45) is 3.78. The Balaban J connectivity index is 0.000000207. The van der Waals surface area contributed by atoms with Crippen molar-refractivity contribution in [3.05, 3.63) is 231 Å². The summed E-state index contributed by atoms with van der Waals surface area (Å²) in [6.45, 7) is 17.1. The largest absolute Gasteiger partial charge is 0.487 e. The third kappa shape index (κ3) is 12.6. The molecule has 8 N–H and O–H groups in total. The molecule has 0 amide bonds. The van der Waals surface area contributed by atoms with Crippen molar-refractivity contribution in [2.75, 3.05) is 10.6 Å². The zero-order valence-electron chi connectivity index (χ0n) is 39.6. The topological polar surface area (TPSA) is 196 Å². The van der Waals surface area contributed by atoms with E-state index in [1.807, 2.05) is 130 Å². The maximum atomic E-state index is 8.96. The van der Waals surface area contributed by atoms with Crippen LogP contribution in [0.25, 0.3) is 27.1 Å². The molecule has 0 fully saturated rings. The van der Waals surface area contributed by atoms with Crippen LogP contribution in [0.3, 0.4) is 0 Å². The summed E-state index contributed by atoms with van der Waals surface area (Å²) in [5.74, 6) is 1.70. The molecule has 2 aromatic heterocycles. The number of pyridine rings is 2. The first-order chi connectivity index (χ1) is 33.9. The summed E-state index contributed by atoms with van der Waals surface area (Å²) in [6, 6.07) is 48.8. The third-order valence-electron chi connectivity index (χ3n) is 11.8. The van der Waals surface area contributed by atoms with Crippen LogP contribution in [0.1, 0.15) is 61.5 Å². The molecular formula is C58H54N10O2. The second-order valence-corrected chi connectivity index (χ2v) is 16.7. The van der Waals surface area contributed by atoms with Crippen LogP contribution in [0.15, 0.2) is 158 Å². The third-order valence-corrected chi connectivity index (χ3v) is 11.8. The van der Waals surface area contributed by atoms with Crippen LogP contribution in [-0.2, 0) is 26.3 Å². The molecule has 0 bridgehead atoms. The van der Waals surface area contributed by atoms with E-state index in [1.54, 1.807) is 12.1 Å². The Bertz CT molecular complexity index is 3170. The average molecular weight is 923 g/mol. The zero-order valence-corrected chi connectivity index (χ0v) is 39.6. The summed E-state index contributed by atoms with van der Waals surface area (Å²) in [4.78, 5) is 12.5. The monoisotopic (exact) mass is 922 g/mol. The lowest BCUT2D eigenvalue weighted by Crippen LogP contribution is -2.11. The molecule has 0 atom stereocenters. The Morgan fingerprint density at radius 3 is 1.29 bits per heavy atom. The van der Waals surface area contributed by atoms with Gasteiger partial charge >= 0.3 is 0 Å². The lowest BCUT2D eigenvalue weighted by Gasteiger charge is -2.16. The second kappa shape index (κ2) is 23.0. The first-order valence-corrected chi connectivity index (χ1v) is 22.6. The lowest BCUT2D eigenvalue weighted by molar-refractivity contribution is 0.300. The number of aryl methyl sites for hydroxylation is 2. The number of aromatic nitrogens is 2. The number of hydrogen-bond acceptors (Lipinski definition) is 9. The van der Waals surface area contributed by atoms with Gasteiger partial charge in [-0.05, 0) is 120 Å². The molecular weight excluding hydrogens is 869 g/mol. The highest BCUT2D eigenvalue weighted by Gasteiger charge is 2.13. The van der Waals surface area contributed by atoms with E-state index in [4.69, 9.17) is 43.6 Å². The van der Waals surface area contributed by atoms with Gasteiger partial charge in [-0.1, -0.05) is 109 Å². The van der Waals surface area contributed by atoms with E-state index < -0.39 is 0 Å². The molecule has 0 aliphatic carbocycles. The number of nitrogens with two attached hydrogens (primary N) is 2. The fourth-order valence-corrected chi connectivity index (χ4v) is 7.57. The van der Waals surface area contributed by atoms with Gasteiger partial charge in [0.1, 0.15) is 36.4 Å². The highest BCUT2D eigenvalue weighted by molar-refractivity contribution is 5.95. The first kappa shape index (κ1) is 48.7. The fraction of sp³-hybridized carbons (Fsp3) is 0.138. The molecule has 0 saturated carbocycles. The van der Waals surface area contributed by atoms with Gasteiger partial charge in [-0.2, -0.15) is 5.26 Å². The van der Waals surface area contributed by atoms with Crippen molar-refractivity contribution in [1.29, 1.82) is 16.1 Å². The Morgan fingerprint density at radius 1 is 0.557 bits per heavy atom. The summed E-state index contributed by atoms with van der Waals surface area (Å²) in [5, 5.41) is 30.9. The van der Waals surface area contributed by atoms with E-state index in [0.717, 1.165) is 89.9 Å². The van der Waals surface area contributed by atoms with Crippen molar-refractivity contribution in [2.24, 2.45) is 11.5 Å². The van der Waals surface area contributed by atoms with Crippen LogP contribution in [0.5, 0.6) is 11.5 Å². The molecule has 0 unspecified atom stereocenters. The van der Waals surface area contributed by atoms with Crippen LogP contribution < -0.4 is 31.6 Å². The van der Waals surface area contributed by atoms with Gasteiger partial charge in [0.15, 0.2) is 5.69 Å². The molecule has 348 valence electrons. The summed E-state index contributed by atoms with van der Waals surface area (Å²) >= 11 is 0.